The number of fused-ring (bicyclic) bond motifs is 1. The molecule has 1 N–H and O–H groups in total. The first-order valence-corrected chi connectivity index (χ1v) is 9.55. The summed E-state index contributed by atoms with van der Waals surface area (Å²) in [5.41, 5.74) is 2.53. The highest BCUT2D eigenvalue weighted by Crippen LogP contribution is 2.25. The van der Waals surface area contributed by atoms with Gasteiger partial charge in [-0.25, -0.2) is 9.48 Å². The number of hydrogen-bond donors (Lipinski definition) is 1. The molecule has 8 heteroatoms. The second kappa shape index (κ2) is 8.04. The summed E-state index contributed by atoms with van der Waals surface area (Å²) >= 11 is 6.12. The zero-order valence-corrected chi connectivity index (χ0v) is 17.1. The van der Waals surface area contributed by atoms with E-state index in [1.54, 1.807) is 36.5 Å². The smallest absolute Gasteiger partial charge is 0.336 e. The van der Waals surface area contributed by atoms with Gasteiger partial charge in [0.2, 0.25) is 0 Å². The molecule has 0 aliphatic carbocycles. The molecule has 0 fully saturated rings. The van der Waals surface area contributed by atoms with Crippen molar-refractivity contribution in [3.05, 3.63) is 87.0 Å². The van der Waals surface area contributed by atoms with E-state index in [0.29, 0.717) is 22.0 Å². The zero-order chi connectivity index (χ0) is 21.3. The van der Waals surface area contributed by atoms with E-state index in [2.05, 4.69) is 10.4 Å². The van der Waals surface area contributed by atoms with Gasteiger partial charge in [-0.05, 0) is 55.3 Å². The highest BCUT2D eigenvalue weighted by atomic mass is 35.5. The van der Waals surface area contributed by atoms with Crippen molar-refractivity contribution in [2.24, 2.45) is 0 Å². The summed E-state index contributed by atoms with van der Waals surface area (Å²) in [5, 5.41) is 8.29. The molecule has 2 aromatic carbocycles. The third kappa shape index (κ3) is 4.21. The number of rotatable bonds is 5. The van der Waals surface area contributed by atoms with Crippen LogP contribution < -0.4 is 15.7 Å². The van der Waals surface area contributed by atoms with E-state index in [0.717, 1.165) is 16.5 Å². The van der Waals surface area contributed by atoms with Crippen molar-refractivity contribution in [3.8, 4) is 5.75 Å². The van der Waals surface area contributed by atoms with Crippen LogP contribution >= 0.6 is 11.6 Å². The van der Waals surface area contributed by atoms with Crippen molar-refractivity contribution < 1.29 is 13.9 Å². The number of carbonyl (C=O) groups is 1. The van der Waals surface area contributed by atoms with E-state index in [4.69, 9.17) is 20.8 Å². The molecule has 0 spiro atoms. The van der Waals surface area contributed by atoms with Gasteiger partial charge >= 0.3 is 5.63 Å². The number of halogens is 1. The average molecular weight is 424 g/mol. The van der Waals surface area contributed by atoms with E-state index < -0.39 is 11.5 Å². The van der Waals surface area contributed by atoms with Gasteiger partial charge < -0.3 is 14.5 Å². The van der Waals surface area contributed by atoms with Gasteiger partial charge in [-0.2, -0.15) is 5.10 Å². The summed E-state index contributed by atoms with van der Waals surface area (Å²) in [4.78, 5) is 24.1. The minimum atomic E-state index is -0.434. The van der Waals surface area contributed by atoms with Crippen molar-refractivity contribution in [2.45, 2.75) is 20.6 Å². The lowest BCUT2D eigenvalue weighted by Crippen LogP contribution is -2.14. The highest BCUT2D eigenvalue weighted by Gasteiger charge is 2.12. The molecule has 152 valence electrons. The molecule has 0 saturated carbocycles. The molecule has 0 unspecified atom stereocenters. The number of nitrogens with one attached hydrogen (secondary N) is 1. The Balaban J connectivity index is 1.46. The van der Waals surface area contributed by atoms with Crippen molar-refractivity contribution in [1.29, 1.82) is 0 Å². The number of carbonyl (C=O) groups excluding carboxylic acids is 1. The summed E-state index contributed by atoms with van der Waals surface area (Å²) in [5.74, 6) is 0.155. The van der Waals surface area contributed by atoms with Crippen LogP contribution in [0.15, 0.2) is 63.9 Å². The Labute approximate surface area is 176 Å². The van der Waals surface area contributed by atoms with Gasteiger partial charge in [0.05, 0.1) is 5.02 Å². The average Bonchev–Trinajstić information content (AvgIpc) is 3.17. The minimum Gasteiger partial charge on any atom is -0.470 e. The molecule has 0 aliphatic rings. The molecule has 0 radical (unpaired) electrons. The summed E-state index contributed by atoms with van der Waals surface area (Å²) in [6.07, 6.45) is 1.64. The largest absolute Gasteiger partial charge is 0.470 e. The fourth-order valence-electron chi connectivity index (χ4n) is 3.01. The van der Waals surface area contributed by atoms with Gasteiger partial charge in [-0.1, -0.05) is 17.7 Å². The standard InChI is InChI=1S/C22H18ClN3O4/c1-13-3-6-17(23)20(9-13)29-12-26-8-7-18(25-26)22(28)24-15-4-5-16-14(2)10-21(27)30-19(16)11-15/h3-11H,12H2,1-2H3,(H,24,28). The maximum atomic E-state index is 12.5. The molecule has 30 heavy (non-hydrogen) atoms. The number of anilines is 1. The van der Waals surface area contributed by atoms with E-state index >= 15 is 0 Å². The first-order chi connectivity index (χ1) is 14.4. The van der Waals surface area contributed by atoms with Crippen LogP contribution in [0, 0.1) is 13.8 Å². The number of ether oxygens (including phenoxy) is 1. The second-order valence-electron chi connectivity index (χ2n) is 6.86. The van der Waals surface area contributed by atoms with Crippen LogP contribution in [0.1, 0.15) is 21.6 Å². The van der Waals surface area contributed by atoms with Gasteiger partial charge in [-0.3, -0.25) is 4.79 Å². The molecule has 1 amide bonds. The van der Waals surface area contributed by atoms with Crippen LogP contribution in [0.4, 0.5) is 5.69 Å². The van der Waals surface area contributed by atoms with Crippen LogP contribution in [-0.4, -0.2) is 15.7 Å². The molecule has 4 aromatic rings. The number of hydrogen-bond acceptors (Lipinski definition) is 5. The van der Waals surface area contributed by atoms with Gasteiger partial charge in [0, 0.05) is 29.4 Å². The maximum Gasteiger partial charge on any atom is 0.336 e. The number of aromatic nitrogens is 2. The fourth-order valence-corrected chi connectivity index (χ4v) is 3.18. The lowest BCUT2D eigenvalue weighted by Gasteiger charge is -2.09. The number of nitrogens with zero attached hydrogens (tertiary/aromatic N) is 2. The number of amides is 1. The van der Waals surface area contributed by atoms with Gasteiger partial charge in [0.15, 0.2) is 12.4 Å². The topological polar surface area (TPSA) is 86.4 Å². The molecule has 0 atom stereocenters. The van der Waals surface area contributed by atoms with E-state index in [9.17, 15) is 9.59 Å². The molecule has 2 heterocycles. The third-order valence-corrected chi connectivity index (χ3v) is 4.83. The van der Waals surface area contributed by atoms with E-state index in [1.807, 2.05) is 26.0 Å². The van der Waals surface area contributed by atoms with Crippen molar-refractivity contribution in [2.75, 3.05) is 5.32 Å². The Morgan fingerprint density at radius 1 is 1.17 bits per heavy atom. The van der Waals surface area contributed by atoms with Gasteiger partial charge in [-0.15, -0.1) is 0 Å². The molecule has 4 rings (SSSR count). The first-order valence-electron chi connectivity index (χ1n) is 9.17. The molecular weight excluding hydrogens is 406 g/mol. The normalized spacial score (nSPS) is 10.9. The lowest BCUT2D eigenvalue weighted by atomic mass is 10.1. The van der Waals surface area contributed by atoms with Crippen LogP contribution in [0.2, 0.25) is 5.02 Å². The summed E-state index contributed by atoms with van der Waals surface area (Å²) in [6, 6.07) is 13.7. The summed E-state index contributed by atoms with van der Waals surface area (Å²) in [6.45, 7) is 3.88. The number of benzene rings is 2. The highest BCUT2D eigenvalue weighted by molar-refractivity contribution is 6.32. The molecule has 0 bridgehead atoms. The third-order valence-electron chi connectivity index (χ3n) is 4.52. The van der Waals surface area contributed by atoms with Gasteiger partial charge in [0.1, 0.15) is 11.3 Å². The second-order valence-corrected chi connectivity index (χ2v) is 7.27. The molecule has 0 saturated heterocycles. The van der Waals surface area contributed by atoms with Gasteiger partial charge in [0.25, 0.3) is 5.91 Å². The quantitative estimate of drug-likeness (QED) is 0.476. The summed E-state index contributed by atoms with van der Waals surface area (Å²) in [7, 11) is 0. The Kier molecular flexibility index (Phi) is 5.29. The molecule has 0 aliphatic heterocycles. The van der Waals surface area contributed by atoms with Crippen LogP contribution in [0.5, 0.6) is 5.75 Å². The monoisotopic (exact) mass is 423 g/mol. The predicted octanol–water partition coefficient (Wildman–Crippen LogP) is 4.55. The van der Waals surface area contributed by atoms with Crippen LogP contribution in [0.3, 0.4) is 0 Å². The Morgan fingerprint density at radius 2 is 2.00 bits per heavy atom. The fraction of sp³-hybridized carbons (Fsp3) is 0.136. The molecule has 7 nitrogen and oxygen atoms in total. The Morgan fingerprint density at radius 3 is 2.83 bits per heavy atom. The van der Waals surface area contributed by atoms with Crippen molar-refractivity contribution in [1.82, 2.24) is 9.78 Å². The molecular formula is C22H18ClN3O4. The Hall–Kier alpha value is -3.58. The van der Waals surface area contributed by atoms with Crippen molar-refractivity contribution in [3.63, 3.8) is 0 Å². The lowest BCUT2D eigenvalue weighted by molar-refractivity contribution is 0.102. The SMILES string of the molecule is Cc1ccc(Cl)c(OCn2ccc(C(=O)Nc3ccc4c(C)cc(=O)oc4c3)n2)c1. The predicted molar refractivity (Wildman–Crippen MR) is 114 cm³/mol. The summed E-state index contributed by atoms with van der Waals surface area (Å²) < 4.78 is 12.4. The first kappa shape index (κ1) is 19.7. The molecule has 2 aromatic heterocycles. The van der Waals surface area contributed by atoms with E-state index in [1.165, 1.54) is 10.7 Å². The Bertz CT molecular complexity index is 1310. The van der Waals surface area contributed by atoms with E-state index in [-0.39, 0.29) is 12.4 Å². The van der Waals surface area contributed by atoms with Crippen LogP contribution in [0.25, 0.3) is 11.0 Å². The number of aryl methyl sites for hydroxylation is 2. The van der Waals surface area contributed by atoms with Crippen molar-refractivity contribution >= 4 is 34.2 Å². The zero-order valence-electron chi connectivity index (χ0n) is 16.3. The minimum absolute atomic E-state index is 0.108. The maximum absolute atomic E-state index is 12.5. The van der Waals surface area contributed by atoms with Crippen LogP contribution in [-0.2, 0) is 6.73 Å².